The molecule has 0 aliphatic carbocycles. The van der Waals surface area contributed by atoms with Crippen LogP contribution in [0.2, 0.25) is 0 Å². The zero-order valence-electron chi connectivity index (χ0n) is 4.02. The highest BCUT2D eigenvalue weighted by Gasteiger charge is 1.49. The molecule has 0 aliphatic heterocycles. The van der Waals surface area contributed by atoms with Crippen LogP contribution in [0.4, 0.5) is 0 Å². The predicted octanol–water partition coefficient (Wildman–Crippen LogP) is 1.95. The second kappa shape index (κ2) is 4.48. The second-order valence-corrected chi connectivity index (χ2v) is 0.954. The standard InChI is InChI=1S/C6H9/c1-3-5-6-4-2/h3-6H,1H2,2H3/b5-3-,6-4+. The summed E-state index contributed by atoms with van der Waals surface area (Å²) in [6, 6.07) is 0. The van der Waals surface area contributed by atoms with Crippen LogP contribution in [0, 0.1) is 6.92 Å². The van der Waals surface area contributed by atoms with Crippen LogP contribution in [0.1, 0.15) is 6.92 Å². The summed E-state index contributed by atoms with van der Waals surface area (Å²) >= 11 is 0. The van der Waals surface area contributed by atoms with Gasteiger partial charge in [-0.05, 0) is 13.8 Å². The molecule has 0 fully saturated rings. The maximum absolute atomic E-state index is 3.49. The lowest BCUT2D eigenvalue weighted by Gasteiger charge is -1.62. The third-order valence-corrected chi connectivity index (χ3v) is 0.440. The average molecular weight is 81.1 g/mol. The molecule has 0 heteroatoms. The molecule has 6 heavy (non-hydrogen) atoms. The summed E-state index contributed by atoms with van der Waals surface area (Å²) in [6.07, 6.45) is 7.54. The number of hydrogen-bond acceptors (Lipinski definition) is 0. The monoisotopic (exact) mass is 81.1 g/mol. The summed E-state index contributed by atoms with van der Waals surface area (Å²) in [5.41, 5.74) is 0. The highest BCUT2D eigenvalue weighted by molar-refractivity contribution is 5.01. The molecule has 33 valence electrons. The van der Waals surface area contributed by atoms with E-state index in [-0.39, 0.29) is 0 Å². The first-order valence-corrected chi connectivity index (χ1v) is 1.99. The Kier molecular flexibility index (Phi) is 4.09. The van der Waals surface area contributed by atoms with Gasteiger partial charge in [0, 0.05) is 0 Å². The Morgan fingerprint density at radius 1 is 1.33 bits per heavy atom. The van der Waals surface area contributed by atoms with Crippen molar-refractivity contribution in [2.24, 2.45) is 0 Å². The minimum Gasteiger partial charge on any atom is -0.0877 e. The van der Waals surface area contributed by atoms with Gasteiger partial charge in [0.05, 0.1) is 0 Å². The van der Waals surface area contributed by atoms with Crippen LogP contribution in [0.15, 0.2) is 24.3 Å². The summed E-state index contributed by atoms with van der Waals surface area (Å²) in [4.78, 5) is 0. The van der Waals surface area contributed by atoms with Crippen molar-refractivity contribution in [2.75, 3.05) is 0 Å². The van der Waals surface area contributed by atoms with Crippen molar-refractivity contribution in [1.82, 2.24) is 0 Å². The van der Waals surface area contributed by atoms with E-state index in [4.69, 9.17) is 0 Å². The zero-order valence-corrected chi connectivity index (χ0v) is 4.02. The third kappa shape index (κ3) is 3.48. The molecule has 0 unspecified atom stereocenters. The van der Waals surface area contributed by atoms with Crippen LogP contribution in [0.3, 0.4) is 0 Å². The lowest BCUT2D eigenvalue weighted by Crippen LogP contribution is -1.40. The van der Waals surface area contributed by atoms with Gasteiger partial charge in [-0.1, -0.05) is 24.3 Å². The maximum Gasteiger partial charge on any atom is -0.0313 e. The van der Waals surface area contributed by atoms with E-state index >= 15 is 0 Å². The Morgan fingerprint density at radius 2 is 2.00 bits per heavy atom. The van der Waals surface area contributed by atoms with E-state index in [1.54, 1.807) is 6.08 Å². The molecule has 0 saturated heterocycles. The zero-order chi connectivity index (χ0) is 4.83. The van der Waals surface area contributed by atoms with Crippen molar-refractivity contribution >= 4 is 0 Å². The van der Waals surface area contributed by atoms with Crippen LogP contribution < -0.4 is 0 Å². The summed E-state index contributed by atoms with van der Waals surface area (Å²) in [5, 5.41) is 0. The molecule has 0 aromatic heterocycles. The molecule has 0 N–H and O–H groups in total. The van der Waals surface area contributed by atoms with Gasteiger partial charge in [-0.15, -0.1) is 0 Å². The largest absolute Gasteiger partial charge is 0.0877 e. The molecule has 0 rings (SSSR count). The summed E-state index contributed by atoms with van der Waals surface area (Å²) in [5.74, 6) is 0. The minimum absolute atomic E-state index is 1.75. The summed E-state index contributed by atoms with van der Waals surface area (Å²) < 4.78 is 0. The fourth-order valence-corrected chi connectivity index (χ4v) is 0.190. The molecular weight excluding hydrogens is 72.1 g/mol. The molecule has 0 aromatic carbocycles. The Bertz CT molecular complexity index is 48.4. The van der Waals surface area contributed by atoms with Crippen molar-refractivity contribution in [3.05, 3.63) is 31.2 Å². The molecule has 0 amide bonds. The predicted molar refractivity (Wildman–Crippen MR) is 29.3 cm³/mol. The highest BCUT2D eigenvalue weighted by atomic mass is 13.6. The average Bonchev–Trinajstić information content (AvgIpc) is 1.61. The fourth-order valence-electron chi connectivity index (χ4n) is 0.190. The molecular formula is C6H9. The smallest absolute Gasteiger partial charge is 0.0313 e. The van der Waals surface area contributed by atoms with Crippen molar-refractivity contribution in [3.8, 4) is 0 Å². The van der Waals surface area contributed by atoms with Gasteiger partial charge in [0.2, 0.25) is 0 Å². The van der Waals surface area contributed by atoms with Gasteiger partial charge in [-0.3, -0.25) is 0 Å². The molecule has 0 nitrogen and oxygen atoms in total. The summed E-state index contributed by atoms with van der Waals surface area (Å²) in [6.45, 7) is 5.46. The van der Waals surface area contributed by atoms with Crippen LogP contribution in [0.5, 0.6) is 0 Å². The topological polar surface area (TPSA) is 0 Å². The van der Waals surface area contributed by atoms with Gasteiger partial charge in [0.25, 0.3) is 0 Å². The van der Waals surface area contributed by atoms with Gasteiger partial charge in [0.1, 0.15) is 0 Å². The Balaban J connectivity index is 3.07. The van der Waals surface area contributed by atoms with Crippen molar-refractivity contribution < 1.29 is 0 Å². The van der Waals surface area contributed by atoms with E-state index in [2.05, 4.69) is 6.92 Å². The fraction of sp³-hybridized carbons (Fsp3) is 0.167. The second-order valence-electron chi connectivity index (χ2n) is 0.954. The first-order chi connectivity index (χ1) is 2.91. The van der Waals surface area contributed by atoms with E-state index in [1.165, 1.54) is 0 Å². The van der Waals surface area contributed by atoms with E-state index in [0.717, 1.165) is 0 Å². The van der Waals surface area contributed by atoms with Crippen LogP contribution in [-0.4, -0.2) is 0 Å². The van der Waals surface area contributed by atoms with Crippen molar-refractivity contribution in [1.29, 1.82) is 0 Å². The van der Waals surface area contributed by atoms with Gasteiger partial charge in [-0.25, -0.2) is 0 Å². The van der Waals surface area contributed by atoms with Crippen LogP contribution in [0.25, 0.3) is 0 Å². The van der Waals surface area contributed by atoms with Gasteiger partial charge >= 0.3 is 0 Å². The lowest BCUT2D eigenvalue weighted by molar-refractivity contribution is 1.73. The molecule has 0 aromatic rings. The molecule has 0 atom stereocenters. The molecule has 0 spiro atoms. The van der Waals surface area contributed by atoms with E-state index in [9.17, 15) is 0 Å². The van der Waals surface area contributed by atoms with E-state index in [1.807, 2.05) is 25.2 Å². The van der Waals surface area contributed by atoms with Crippen molar-refractivity contribution in [2.45, 2.75) is 6.92 Å². The molecule has 0 heterocycles. The number of rotatable bonds is 1. The first kappa shape index (κ1) is 5.48. The molecule has 0 aliphatic rings. The Hall–Kier alpha value is -0.520. The minimum atomic E-state index is 1.75. The molecule has 1 radical (unpaired) electrons. The normalized spacial score (nSPS) is 11.7. The SMILES string of the molecule is [CH2]/C=C\C=C\C. The molecule has 0 saturated carbocycles. The molecule has 0 bridgehead atoms. The van der Waals surface area contributed by atoms with Crippen molar-refractivity contribution in [3.63, 3.8) is 0 Å². The van der Waals surface area contributed by atoms with E-state index < -0.39 is 0 Å². The summed E-state index contributed by atoms with van der Waals surface area (Å²) in [7, 11) is 0. The maximum atomic E-state index is 3.49. The van der Waals surface area contributed by atoms with Crippen LogP contribution >= 0.6 is 0 Å². The number of allylic oxidation sites excluding steroid dienone is 4. The quantitative estimate of drug-likeness (QED) is 0.423. The first-order valence-electron chi connectivity index (χ1n) is 1.99. The number of hydrogen-bond donors (Lipinski definition) is 0. The van der Waals surface area contributed by atoms with Gasteiger partial charge < -0.3 is 0 Å². The van der Waals surface area contributed by atoms with Gasteiger partial charge in [0.15, 0.2) is 0 Å². The van der Waals surface area contributed by atoms with E-state index in [0.29, 0.717) is 0 Å². The third-order valence-electron chi connectivity index (χ3n) is 0.440. The lowest BCUT2D eigenvalue weighted by atomic mass is 10.5. The Labute approximate surface area is 39.2 Å². The van der Waals surface area contributed by atoms with Crippen LogP contribution in [-0.2, 0) is 0 Å². The highest BCUT2D eigenvalue weighted by Crippen LogP contribution is 1.70. The van der Waals surface area contributed by atoms with Gasteiger partial charge in [-0.2, -0.15) is 0 Å². The Morgan fingerprint density at radius 3 is 2.17 bits per heavy atom.